The molecule has 0 aromatic heterocycles. The number of aryl methyl sites for hydroxylation is 1. The maximum atomic E-state index is 14.2. The third-order valence-corrected chi connectivity index (χ3v) is 7.96. The third kappa shape index (κ3) is 5.09. The zero-order valence-corrected chi connectivity index (χ0v) is 19.7. The molecule has 4 rings (SSSR count). The molecule has 1 aliphatic heterocycles. The normalized spacial score (nSPS) is 17.9. The number of nitrogens with one attached hydrogen (secondary N) is 1. The van der Waals surface area contributed by atoms with E-state index in [1.807, 2.05) is 30.3 Å². The van der Waals surface area contributed by atoms with E-state index in [0.29, 0.717) is 6.54 Å². The molecular formula is C25H23F5N2O3S. The van der Waals surface area contributed by atoms with Crippen LogP contribution in [0.4, 0.5) is 27.6 Å². The van der Waals surface area contributed by atoms with Crippen LogP contribution >= 0.6 is 0 Å². The van der Waals surface area contributed by atoms with Crippen LogP contribution in [0.15, 0.2) is 77.7 Å². The summed E-state index contributed by atoms with van der Waals surface area (Å²) in [4.78, 5) is -0.203. The SMILES string of the molecule is O=S(=O)(c1ccc(F)cc1)N1c2ccc(C(O)(F)C(F)(F)F)cc2CC[C@H]1CNCc1ccccc1. The van der Waals surface area contributed by atoms with Crippen molar-refractivity contribution in [2.24, 2.45) is 0 Å². The molecule has 2 N–H and O–H groups in total. The summed E-state index contributed by atoms with van der Waals surface area (Å²) in [6.07, 6.45) is -5.20. The van der Waals surface area contributed by atoms with Crippen LogP contribution in [0.25, 0.3) is 0 Å². The Hall–Kier alpha value is -3.02. The molecule has 36 heavy (non-hydrogen) atoms. The van der Waals surface area contributed by atoms with E-state index in [4.69, 9.17) is 0 Å². The Balaban J connectivity index is 1.71. The molecule has 0 fully saturated rings. The van der Waals surface area contributed by atoms with E-state index in [9.17, 15) is 35.5 Å². The summed E-state index contributed by atoms with van der Waals surface area (Å²) in [6, 6.07) is 15.6. The Labute approximate surface area is 205 Å². The molecule has 192 valence electrons. The standard InChI is InChI=1S/C25H23F5N2O3S/c26-20-8-11-22(12-9-20)36(34,35)32-21(16-31-15-17-4-2-1-3-5-17)10-6-18-14-19(7-13-23(18)32)24(27,33)25(28,29)30/h1-5,7-9,11-14,21,31,33H,6,10,15-16H2/t21-,24?/m0/s1. The van der Waals surface area contributed by atoms with Crippen LogP contribution in [-0.4, -0.2) is 32.3 Å². The van der Waals surface area contributed by atoms with Crippen molar-refractivity contribution in [2.45, 2.75) is 42.4 Å². The maximum Gasteiger partial charge on any atom is 0.453 e. The van der Waals surface area contributed by atoms with Crippen molar-refractivity contribution in [3.63, 3.8) is 0 Å². The van der Waals surface area contributed by atoms with Crippen molar-refractivity contribution in [3.8, 4) is 0 Å². The largest absolute Gasteiger partial charge is 0.453 e. The van der Waals surface area contributed by atoms with Gasteiger partial charge in [-0.25, -0.2) is 12.8 Å². The van der Waals surface area contributed by atoms with Crippen LogP contribution in [0.5, 0.6) is 0 Å². The predicted octanol–water partition coefficient (Wildman–Crippen LogP) is 4.80. The highest BCUT2D eigenvalue weighted by molar-refractivity contribution is 7.92. The zero-order chi connectivity index (χ0) is 26.1. The van der Waals surface area contributed by atoms with Crippen molar-refractivity contribution >= 4 is 15.7 Å². The molecular weight excluding hydrogens is 503 g/mol. The number of benzene rings is 3. The Bertz CT molecular complexity index is 1310. The first-order valence-electron chi connectivity index (χ1n) is 11.1. The van der Waals surface area contributed by atoms with Gasteiger partial charge in [0.2, 0.25) is 0 Å². The summed E-state index contributed by atoms with van der Waals surface area (Å²) in [5.74, 6) is -5.22. The van der Waals surface area contributed by atoms with E-state index in [0.717, 1.165) is 52.3 Å². The van der Waals surface area contributed by atoms with E-state index in [1.165, 1.54) is 0 Å². The molecule has 0 saturated heterocycles. The Morgan fingerprint density at radius 2 is 1.64 bits per heavy atom. The molecule has 3 aromatic rings. The van der Waals surface area contributed by atoms with Crippen LogP contribution < -0.4 is 9.62 Å². The fourth-order valence-electron chi connectivity index (χ4n) is 4.22. The van der Waals surface area contributed by atoms with E-state index < -0.39 is 39.5 Å². The number of alkyl halides is 4. The molecule has 0 bridgehead atoms. The Morgan fingerprint density at radius 3 is 2.28 bits per heavy atom. The average Bonchev–Trinajstić information content (AvgIpc) is 2.83. The number of aliphatic hydroxyl groups is 1. The number of hydrogen-bond acceptors (Lipinski definition) is 4. The third-order valence-electron chi connectivity index (χ3n) is 6.08. The Kier molecular flexibility index (Phi) is 7.09. The fraction of sp³-hybridized carbons (Fsp3) is 0.280. The van der Waals surface area contributed by atoms with Gasteiger partial charge in [-0.1, -0.05) is 36.4 Å². The number of fused-ring (bicyclic) bond motifs is 1. The molecule has 0 radical (unpaired) electrons. The van der Waals surface area contributed by atoms with E-state index in [1.54, 1.807) is 0 Å². The summed E-state index contributed by atoms with van der Waals surface area (Å²) in [7, 11) is -4.26. The second kappa shape index (κ2) is 9.79. The van der Waals surface area contributed by atoms with Gasteiger partial charge < -0.3 is 10.4 Å². The highest BCUT2D eigenvalue weighted by atomic mass is 32.2. The minimum Gasteiger partial charge on any atom is -0.351 e. The second-order valence-corrected chi connectivity index (χ2v) is 10.3. The van der Waals surface area contributed by atoms with E-state index in [-0.39, 0.29) is 35.5 Å². The monoisotopic (exact) mass is 526 g/mol. The zero-order valence-electron chi connectivity index (χ0n) is 18.8. The van der Waals surface area contributed by atoms with Crippen molar-refractivity contribution in [3.05, 3.63) is 95.3 Å². The number of hydrogen-bond donors (Lipinski definition) is 2. The number of rotatable bonds is 7. The summed E-state index contributed by atoms with van der Waals surface area (Å²) in [6.45, 7) is 0.667. The minimum absolute atomic E-state index is 0.0683. The Morgan fingerprint density at radius 1 is 0.972 bits per heavy atom. The molecule has 0 saturated carbocycles. The summed E-state index contributed by atoms with van der Waals surface area (Å²) in [5.41, 5.74) is 0.144. The van der Waals surface area contributed by atoms with Crippen LogP contribution in [0, 0.1) is 5.82 Å². The van der Waals surface area contributed by atoms with E-state index >= 15 is 0 Å². The van der Waals surface area contributed by atoms with Gasteiger partial charge in [0.1, 0.15) is 5.82 Å². The summed E-state index contributed by atoms with van der Waals surface area (Å²) >= 11 is 0. The lowest BCUT2D eigenvalue weighted by Gasteiger charge is -2.38. The van der Waals surface area contributed by atoms with Crippen molar-refractivity contribution in [1.29, 1.82) is 0 Å². The molecule has 0 amide bonds. The molecule has 2 atom stereocenters. The topological polar surface area (TPSA) is 69.6 Å². The van der Waals surface area contributed by atoms with Crippen molar-refractivity contribution in [1.82, 2.24) is 5.32 Å². The molecule has 5 nitrogen and oxygen atoms in total. The van der Waals surface area contributed by atoms with Gasteiger partial charge in [0.25, 0.3) is 10.0 Å². The van der Waals surface area contributed by atoms with Gasteiger partial charge in [-0.15, -0.1) is 0 Å². The fourth-order valence-corrected chi connectivity index (χ4v) is 5.93. The highest BCUT2D eigenvalue weighted by Crippen LogP contribution is 2.43. The predicted molar refractivity (Wildman–Crippen MR) is 124 cm³/mol. The van der Waals surface area contributed by atoms with Gasteiger partial charge in [0.15, 0.2) is 0 Å². The first kappa shape index (κ1) is 26.1. The van der Waals surface area contributed by atoms with Gasteiger partial charge >= 0.3 is 12.0 Å². The van der Waals surface area contributed by atoms with Gasteiger partial charge in [-0.05, 0) is 60.4 Å². The first-order chi connectivity index (χ1) is 16.9. The van der Waals surface area contributed by atoms with Crippen LogP contribution in [0.2, 0.25) is 0 Å². The molecule has 0 aliphatic carbocycles. The molecule has 1 aliphatic rings. The summed E-state index contributed by atoms with van der Waals surface area (Å²) < 4.78 is 95.1. The second-order valence-electron chi connectivity index (χ2n) is 8.53. The van der Waals surface area contributed by atoms with Crippen molar-refractivity contribution < 1.29 is 35.5 Å². The molecule has 1 heterocycles. The number of sulfonamides is 1. The number of halogens is 5. The van der Waals surface area contributed by atoms with Crippen molar-refractivity contribution in [2.75, 3.05) is 10.8 Å². The van der Waals surface area contributed by atoms with Gasteiger partial charge in [-0.3, -0.25) is 4.31 Å². The lowest BCUT2D eigenvalue weighted by atomic mass is 9.94. The average molecular weight is 527 g/mol. The van der Waals surface area contributed by atoms with Crippen LogP contribution in [0.3, 0.4) is 0 Å². The lowest BCUT2D eigenvalue weighted by molar-refractivity contribution is -0.323. The molecule has 11 heteroatoms. The lowest BCUT2D eigenvalue weighted by Crippen LogP contribution is -2.48. The van der Waals surface area contributed by atoms with Gasteiger partial charge in [0.05, 0.1) is 16.6 Å². The maximum absolute atomic E-state index is 14.2. The number of anilines is 1. The van der Waals surface area contributed by atoms with Gasteiger partial charge in [-0.2, -0.15) is 17.6 Å². The van der Waals surface area contributed by atoms with Gasteiger partial charge in [0, 0.05) is 18.7 Å². The molecule has 1 unspecified atom stereocenters. The summed E-state index contributed by atoms with van der Waals surface area (Å²) in [5, 5.41) is 12.7. The number of nitrogens with zero attached hydrogens (tertiary/aromatic N) is 1. The van der Waals surface area contributed by atoms with E-state index in [2.05, 4.69) is 5.32 Å². The first-order valence-corrected chi connectivity index (χ1v) is 12.5. The van der Waals surface area contributed by atoms with Crippen LogP contribution in [-0.2, 0) is 28.8 Å². The minimum atomic E-state index is -5.57. The smallest absolute Gasteiger partial charge is 0.351 e. The van der Waals surface area contributed by atoms with Crippen LogP contribution in [0.1, 0.15) is 23.1 Å². The highest BCUT2D eigenvalue weighted by Gasteiger charge is 2.56. The quantitative estimate of drug-likeness (QED) is 0.434. The molecule has 3 aromatic carbocycles. The molecule has 0 spiro atoms.